The molecule has 1 aliphatic carbocycles. The largest absolute Gasteiger partial charge is 0.374 e. The summed E-state index contributed by atoms with van der Waals surface area (Å²) in [5, 5.41) is 0. The van der Waals surface area contributed by atoms with Gasteiger partial charge >= 0.3 is 0 Å². The van der Waals surface area contributed by atoms with Crippen molar-refractivity contribution in [2.75, 3.05) is 39.8 Å². The number of morpholine rings is 1. The van der Waals surface area contributed by atoms with Gasteiger partial charge in [0.2, 0.25) is 0 Å². The van der Waals surface area contributed by atoms with Crippen molar-refractivity contribution in [3.05, 3.63) is 0 Å². The van der Waals surface area contributed by atoms with E-state index in [1.807, 2.05) is 0 Å². The molecular formula is C16H33N3O3S. The lowest BCUT2D eigenvalue weighted by molar-refractivity contribution is -0.0281. The van der Waals surface area contributed by atoms with Crippen LogP contribution in [0.1, 0.15) is 46.0 Å². The molecule has 0 aromatic rings. The number of nitrogens with zero attached hydrogens (tertiary/aromatic N) is 2. The van der Waals surface area contributed by atoms with Crippen LogP contribution in [0.25, 0.3) is 0 Å². The Morgan fingerprint density at radius 2 is 1.96 bits per heavy atom. The average molecular weight is 348 g/mol. The van der Waals surface area contributed by atoms with Crippen molar-refractivity contribution < 1.29 is 13.2 Å². The van der Waals surface area contributed by atoms with E-state index < -0.39 is 10.2 Å². The molecule has 1 atom stereocenters. The summed E-state index contributed by atoms with van der Waals surface area (Å²) >= 11 is 0. The number of nitrogens with one attached hydrogen (secondary N) is 1. The van der Waals surface area contributed by atoms with Crippen LogP contribution in [-0.4, -0.2) is 69.6 Å². The highest BCUT2D eigenvalue weighted by atomic mass is 32.2. The van der Waals surface area contributed by atoms with E-state index in [1.54, 1.807) is 7.05 Å². The zero-order valence-corrected chi connectivity index (χ0v) is 15.6. The normalized spacial score (nSPS) is 25.3. The maximum Gasteiger partial charge on any atom is 0.279 e. The molecule has 1 heterocycles. The van der Waals surface area contributed by atoms with Crippen molar-refractivity contribution >= 4 is 10.2 Å². The van der Waals surface area contributed by atoms with Gasteiger partial charge in [0.1, 0.15) is 0 Å². The van der Waals surface area contributed by atoms with Gasteiger partial charge in [-0.05, 0) is 18.8 Å². The third-order valence-electron chi connectivity index (χ3n) is 4.81. The molecule has 0 bridgehead atoms. The molecule has 1 N–H and O–H groups in total. The minimum Gasteiger partial charge on any atom is -0.374 e. The lowest BCUT2D eigenvalue weighted by Crippen LogP contribution is -2.51. The minimum absolute atomic E-state index is 0.0583. The van der Waals surface area contributed by atoms with Gasteiger partial charge in [-0.1, -0.05) is 33.1 Å². The van der Waals surface area contributed by atoms with Gasteiger partial charge in [0.15, 0.2) is 0 Å². The van der Waals surface area contributed by atoms with Crippen LogP contribution < -0.4 is 4.72 Å². The second-order valence-electron chi connectivity index (χ2n) is 7.31. The fraction of sp³-hybridized carbons (Fsp3) is 1.00. The van der Waals surface area contributed by atoms with E-state index in [9.17, 15) is 8.42 Å². The van der Waals surface area contributed by atoms with Crippen LogP contribution >= 0.6 is 0 Å². The summed E-state index contributed by atoms with van der Waals surface area (Å²) in [6.45, 7) is 8.20. The van der Waals surface area contributed by atoms with E-state index in [2.05, 4.69) is 23.5 Å². The highest BCUT2D eigenvalue weighted by Gasteiger charge is 2.29. The Bertz CT molecular complexity index is 449. The summed E-state index contributed by atoms with van der Waals surface area (Å²) in [5.41, 5.74) is 0. The predicted octanol–water partition coefficient (Wildman–Crippen LogP) is 1.44. The summed E-state index contributed by atoms with van der Waals surface area (Å²) in [6.07, 6.45) is 5.36. The van der Waals surface area contributed by atoms with Gasteiger partial charge in [-0.2, -0.15) is 17.4 Å². The maximum absolute atomic E-state index is 12.5. The van der Waals surface area contributed by atoms with E-state index in [0.29, 0.717) is 19.1 Å². The number of rotatable bonds is 7. The fourth-order valence-corrected chi connectivity index (χ4v) is 4.73. The van der Waals surface area contributed by atoms with Crippen LogP contribution in [0.5, 0.6) is 0 Å². The predicted molar refractivity (Wildman–Crippen MR) is 92.6 cm³/mol. The van der Waals surface area contributed by atoms with E-state index in [0.717, 1.165) is 45.3 Å². The van der Waals surface area contributed by atoms with Crippen molar-refractivity contribution in [3.8, 4) is 0 Å². The Hall–Kier alpha value is -0.210. The molecule has 1 aliphatic heterocycles. The molecule has 2 rings (SSSR count). The molecule has 7 heteroatoms. The summed E-state index contributed by atoms with van der Waals surface area (Å²) in [5.74, 6) is 0.614. The van der Waals surface area contributed by atoms with Crippen LogP contribution in [0, 0.1) is 5.92 Å². The molecule has 0 aromatic carbocycles. The van der Waals surface area contributed by atoms with Gasteiger partial charge in [0, 0.05) is 39.3 Å². The molecule has 6 nitrogen and oxygen atoms in total. The van der Waals surface area contributed by atoms with Gasteiger partial charge in [-0.15, -0.1) is 0 Å². The number of hydrogen-bond acceptors (Lipinski definition) is 4. The van der Waals surface area contributed by atoms with Crippen LogP contribution in [0.4, 0.5) is 0 Å². The Labute approximate surface area is 141 Å². The maximum atomic E-state index is 12.5. The first kappa shape index (κ1) is 19.1. The van der Waals surface area contributed by atoms with E-state index in [1.165, 1.54) is 10.7 Å². The monoisotopic (exact) mass is 347 g/mol. The van der Waals surface area contributed by atoms with Gasteiger partial charge in [-0.3, -0.25) is 4.90 Å². The lowest BCUT2D eigenvalue weighted by atomic mass is 9.96. The van der Waals surface area contributed by atoms with Crippen molar-refractivity contribution in [1.82, 2.24) is 13.9 Å². The molecule has 2 aliphatic rings. The zero-order valence-electron chi connectivity index (χ0n) is 14.8. The highest BCUT2D eigenvalue weighted by molar-refractivity contribution is 7.87. The minimum atomic E-state index is -3.42. The van der Waals surface area contributed by atoms with Crippen LogP contribution in [-0.2, 0) is 14.9 Å². The second-order valence-corrected chi connectivity index (χ2v) is 9.12. The molecule has 23 heavy (non-hydrogen) atoms. The van der Waals surface area contributed by atoms with Crippen LogP contribution in [0.2, 0.25) is 0 Å². The van der Waals surface area contributed by atoms with E-state index in [4.69, 9.17) is 4.74 Å². The van der Waals surface area contributed by atoms with Gasteiger partial charge in [-0.25, -0.2) is 0 Å². The fourth-order valence-electron chi connectivity index (χ4n) is 3.53. The van der Waals surface area contributed by atoms with Crippen LogP contribution in [0.15, 0.2) is 0 Å². The second kappa shape index (κ2) is 8.76. The van der Waals surface area contributed by atoms with Crippen molar-refractivity contribution in [2.45, 2.75) is 58.1 Å². The molecule has 1 saturated carbocycles. The van der Waals surface area contributed by atoms with Crippen molar-refractivity contribution in [2.24, 2.45) is 5.92 Å². The third kappa shape index (κ3) is 5.98. The Balaban J connectivity index is 1.81. The number of ether oxygens (including phenoxy) is 1. The first-order valence-corrected chi connectivity index (χ1v) is 10.4. The van der Waals surface area contributed by atoms with Crippen molar-refractivity contribution in [1.29, 1.82) is 0 Å². The summed E-state index contributed by atoms with van der Waals surface area (Å²) in [7, 11) is -1.72. The Morgan fingerprint density at radius 3 is 2.61 bits per heavy atom. The molecule has 0 spiro atoms. The van der Waals surface area contributed by atoms with E-state index >= 15 is 0 Å². The quantitative estimate of drug-likeness (QED) is 0.757. The first-order valence-electron chi connectivity index (χ1n) is 8.95. The van der Waals surface area contributed by atoms with Crippen molar-refractivity contribution in [3.63, 3.8) is 0 Å². The van der Waals surface area contributed by atoms with E-state index in [-0.39, 0.29) is 12.1 Å². The van der Waals surface area contributed by atoms with Gasteiger partial charge in [0.25, 0.3) is 10.2 Å². The molecule has 2 fully saturated rings. The summed E-state index contributed by atoms with van der Waals surface area (Å²) < 4.78 is 35.0. The topological polar surface area (TPSA) is 61.9 Å². The van der Waals surface area contributed by atoms with Crippen LogP contribution in [0.3, 0.4) is 0 Å². The third-order valence-corrected chi connectivity index (χ3v) is 6.40. The lowest BCUT2D eigenvalue weighted by Gasteiger charge is -2.35. The smallest absolute Gasteiger partial charge is 0.279 e. The number of hydrogen-bond donors (Lipinski definition) is 1. The zero-order chi connectivity index (χ0) is 16.9. The molecule has 1 saturated heterocycles. The molecule has 0 aromatic heterocycles. The Morgan fingerprint density at radius 1 is 1.26 bits per heavy atom. The standard InChI is InChI=1S/C16H33N3O3S/c1-14(2)12-19-9-10-22-16(13-19)11-17-23(20,21)18(3)15-7-5-4-6-8-15/h14-17H,4-13H2,1-3H3/t16-/m0/s1. The average Bonchev–Trinajstić information content (AvgIpc) is 2.53. The molecule has 0 radical (unpaired) electrons. The van der Waals surface area contributed by atoms with Gasteiger partial charge in [0.05, 0.1) is 12.7 Å². The highest BCUT2D eigenvalue weighted by Crippen LogP contribution is 2.23. The molecular weight excluding hydrogens is 314 g/mol. The van der Waals surface area contributed by atoms with Gasteiger partial charge < -0.3 is 4.74 Å². The summed E-state index contributed by atoms with van der Waals surface area (Å²) in [4.78, 5) is 2.36. The molecule has 136 valence electrons. The molecule has 0 unspecified atom stereocenters. The first-order chi connectivity index (χ1) is 10.9. The Kier molecular flexibility index (Phi) is 7.28. The SMILES string of the molecule is CC(C)CN1CCO[C@@H](CNS(=O)(=O)N(C)C2CCCCC2)C1. The molecule has 0 amide bonds. The summed E-state index contributed by atoms with van der Waals surface area (Å²) in [6, 6.07) is 0.144.